The van der Waals surface area contributed by atoms with E-state index in [1.54, 1.807) is 13.3 Å². The number of ether oxygens (including phenoxy) is 1. The van der Waals surface area contributed by atoms with E-state index in [2.05, 4.69) is 26.2 Å². The summed E-state index contributed by atoms with van der Waals surface area (Å²) in [5.41, 5.74) is 1.02. The first-order valence-corrected chi connectivity index (χ1v) is 4.91. The minimum atomic E-state index is 0.834. The fourth-order valence-electron chi connectivity index (χ4n) is 1.04. The lowest BCUT2D eigenvalue weighted by Gasteiger charge is -2.07. The highest BCUT2D eigenvalue weighted by Crippen LogP contribution is 2.26. The summed E-state index contributed by atoms with van der Waals surface area (Å²) in [6.45, 7) is 0.915. The van der Waals surface area contributed by atoms with E-state index in [9.17, 15) is 0 Å². The van der Waals surface area contributed by atoms with Crippen LogP contribution in [0.15, 0.2) is 16.7 Å². The molecule has 0 amide bonds. The van der Waals surface area contributed by atoms with Crippen molar-refractivity contribution < 1.29 is 4.74 Å². The molecule has 1 aromatic heterocycles. The van der Waals surface area contributed by atoms with Crippen LogP contribution < -0.4 is 10.1 Å². The Balaban J connectivity index is 2.81. The van der Waals surface area contributed by atoms with E-state index in [1.807, 2.05) is 13.1 Å². The zero-order valence-electron chi connectivity index (χ0n) is 7.80. The summed E-state index contributed by atoms with van der Waals surface area (Å²) in [7, 11) is 3.58. The number of methoxy groups -OCH3 is 1. The molecule has 0 aliphatic carbocycles. The minimum Gasteiger partial charge on any atom is -0.495 e. The maximum absolute atomic E-state index is 5.16. The first-order valence-electron chi connectivity index (χ1n) is 4.11. The molecule has 72 valence electrons. The van der Waals surface area contributed by atoms with E-state index in [-0.39, 0.29) is 0 Å². The molecule has 0 bridgehead atoms. The van der Waals surface area contributed by atoms with Crippen molar-refractivity contribution in [3.63, 3.8) is 0 Å². The van der Waals surface area contributed by atoms with Crippen LogP contribution in [-0.2, 0) is 6.42 Å². The van der Waals surface area contributed by atoms with Gasteiger partial charge >= 0.3 is 0 Å². The summed E-state index contributed by atoms with van der Waals surface area (Å²) in [6.07, 6.45) is 2.66. The second-order valence-corrected chi connectivity index (χ2v) is 3.42. The first kappa shape index (κ1) is 10.5. The molecule has 0 aliphatic heterocycles. The van der Waals surface area contributed by atoms with Crippen LogP contribution in [0, 0.1) is 0 Å². The Morgan fingerprint density at radius 1 is 1.62 bits per heavy atom. The van der Waals surface area contributed by atoms with Gasteiger partial charge in [0.25, 0.3) is 0 Å². The number of pyridine rings is 1. The van der Waals surface area contributed by atoms with Gasteiger partial charge in [0.1, 0.15) is 5.75 Å². The highest BCUT2D eigenvalue weighted by molar-refractivity contribution is 9.10. The Labute approximate surface area is 86.6 Å². The fraction of sp³-hybridized carbons (Fsp3) is 0.444. The Hall–Kier alpha value is -0.610. The number of hydrogen-bond donors (Lipinski definition) is 1. The fourth-order valence-corrected chi connectivity index (χ4v) is 1.64. The predicted molar refractivity (Wildman–Crippen MR) is 56.1 cm³/mol. The molecule has 1 rings (SSSR count). The molecule has 13 heavy (non-hydrogen) atoms. The van der Waals surface area contributed by atoms with Gasteiger partial charge in [-0.15, -0.1) is 0 Å². The Kier molecular flexibility index (Phi) is 4.18. The third-order valence-electron chi connectivity index (χ3n) is 1.76. The number of nitrogens with zero attached hydrogens (tertiary/aromatic N) is 1. The summed E-state index contributed by atoms with van der Waals surface area (Å²) >= 11 is 3.46. The molecule has 0 aromatic carbocycles. The van der Waals surface area contributed by atoms with Crippen LogP contribution in [0.5, 0.6) is 5.75 Å². The Bertz CT molecular complexity index is 278. The highest BCUT2D eigenvalue weighted by Gasteiger charge is 2.05. The predicted octanol–water partition coefficient (Wildman–Crippen LogP) is 1.61. The molecular formula is C9H13BrN2O. The normalized spacial score (nSPS) is 10.1. The Morgan fingerprint density at radius 3 is 3.00 bits per heavy atom. The van der Waals surface area contributed by atoms with Crippen molar-refractivity contribution in [3.05, 3.63) is 22.4 Å². The van der Waals surface area contributed by atoms with Gasteiger partial charge in [0.15, 0.2) is 0 Å². The number of hydrogen-bond acceptors (Lipinski definition) is 3. The average Bonchev–Trinajstić information content (AvgIpc) is 2.16. The van der Waals surface area contributed by atoms with Crippen molar-refractivity contribution in [1.29, 1.82) is 0 Å². The lowest BCUT2D eigenvalue weighted by molar-refractivity contribution is 0.410. The zero-order chi connectivity index (χ0) is 9.68. The first-order chi connectivity index (χ1) is 6.29. The molecule has 1 aromatic rings. The lowest BCUT2D eigenvalue weighted by atomic mass is 10.2. The van der Waals surface area contributed by atoms with E-state index in [4.69, 9.17) is 4.74 Å². The largest absolute Gasteiger partial charge is 0.495 e. The molecule has 1 heterocycles. The van der Waals surface area contributed by atoms with Crippen LogP contribution in [0.4, 0.5) is 0 Å². The third-order valence-corrected chi connectivity index (χ3v) is 2.61. The van der Waals surface area contributed by atoms with Gasteiger partial charge in [-0.2, -0.15) is 0 Å². The highest BCUT2D eigenvalue weighted by atomic mass is 79.9. The number of likely N-dealkylation sites (N-methyl/N-ethyl adjacent to an activating group) is 1. The molecule has 0 unspecified atom stereocenters. The van der Waals surface area contributed by atoms with Crippen LogP contribution in [0.1, 0.15) is 5.69 Å². The topological polar surface area (TPSA) is 34.2 Å². The van der Waals surface area contributed by atoms with Crippen molar-refractivity contribution in [3.8, 4) is 5.75 Å². The molecule has 0 saturated heterocycles. The molecule has 0 spiro atoms. The molecule has 0 atom stereocenters. The quantitative estimate of drug-likeness (QED) is 0.875. The molecule has 3 nitrogen and oxygen atoms in total. The number of nitrogens with one attached hydrogen (secondary N) is 1. The maximum atomic E-state index is 5.16. The zero-order valence-corrected chi connectivity index (χ0v) is 9.39. The van der Waals surface area contributed by atoms with E-state index in [1.165, 1.54) is 0 Å². The van der Waals surface area contributed by atoms with Gasteiger partial charge < -0.3 is 10.1 Å². The van der Waals surface area contributed by atoms with Crippen LogP contribution >= 0.6 is 15.9 Å². The van der Waals surface area contributed by atoms with Crippen molar-refractivity contribution in [1.82, 2.24) is 10.3 Å². The standard InChI is InChI=1S/C9H13BrN2O/c1-11-5-3-7-9(10)8(13-2)4-6-12-7/h4,6,11H,3,5H2,1-2H3. The molecule has 0 fully saturated rings. The third kappa shape index (κ3) is 2.67. The number of rotatable bonds is 4. The van der Waals surface area contributed by atoms with E-state index in [0.29, 0.717) is 0 Å². The second kappa shape index (κ2) is 5.19. The molecule has 0 aliphatic rings. The van der Waals surface area contributed by atoms with Gasteiger partial charge in [-0.1, -0.05) is 0 Å². The van der Waals surface area contributed by atoms with Crippen LogP contribution in [0.3, 0.4) is 0 Å². The summed E-state index contributed by atoms with van der Waals surface area (Å²) in [5.74, 6) is 0.834. The van der Waals surface area contributed by atoms with Gasteiger partial charge in [0, 0.05) is 19.2 Å². The van der Waals surface area contributed by atoms with Crippen LogP contribution in [0.25, 0.3) is 0 Å². The lowest BCUT2D eigenvalue weighted by Crippen LogP contribution is -2.11. The summed E-state index contributed by atoms with van der Waals surface area (Å²) in [6, 6.07) is 1.84. The van der Waals surface area contributed by atoms with Crippen molar-refractivity contribution in [2.24, 2.45) is 0 Å². The van der Waals surface area contributed by atoms with Gasteiger partial charge in [0.05, 0.1) is 17.3 Å². The summed E-state index contributed by atoms with van der Waals surface area (Å²) < 4.78 is 6.11. The summed E-state index contributed by atoms with van der Waals surface area (Å²) in [5, 5.41) is 3.08. The van der Waals surface area contributed by atoms with Crippen LogP contribution in [0.2, 0.25) is 0 Å². The van der Waals surface area contributed by atoms with E-state index in [0.717, 1.165) is 28.9 Å². The van der Waals surface area contributed by atoms with Gasteiger partial charge in [-0.3, -0.25) is 4.98 Å². The number of aromatic nitrogens is 1. The van der Waals surface area contributed by atoms with Crippen molar-refractivity contribution in [2.75, 3.05) is 20.7 Å². The number of halogens is 1. The van der Waals surface area contributed by atoms with E-state index >= 15 is 0 Å². The average molecular weight is 245 g/mol. The maximum Gasteiger partial charge on any atom is 0.136 e. The Morgan fingerprint density at radius 2 is 2.38 bits per heavy atom. The van der Waals surface area contributed by atoms with Crippen molar-refractivity contribution in [2.45, 2.75) is 6.42 Å². The molecule has 4 heteroatoms. The molecule has 0 saturated carbocycles. The monoisotopic (exact) mass is 244 g/mol. The van der Waals surface area contributed by atoms with Crippen molar-refractivity contribution >= 4 is 15.9 Å². The molecule has 0 radical (unpaired) electrons. The van der Waals surface area contributed by atoms with Gasteiger partial charge in [0.2, 0.25) is 0 Å². The van der Waals surface area contributed by atoms with E-state index < -0.39 is 0 Å². The minimum absolute atomic E-state index is 0.834. The molecular weight excluding hydrogens is 232 g/mol. The van der Waals surface area contributed by atoms with Gasteiger partial charge in [-0.25, -0.2) is 0 Å². The van der Waals surface area contributed by atoms with Gasteiger partial charge in [-0.05, 0) is 29.0 Å². The second-order valence-electron chi connectivity index (χ2n) is 2.63. The molecule has 1 N–H and O–H groups in total. The SMILES string of the molecule is CNCCc1nccc(OC)c1Br. The van der Waals surface area contributed by atoms with Crippen LogP contribution in [-0.4, -0.2) is 25.7 Å². The summed E-state index contributed by atoms with van der Waals surface area (Å²) in [4.78, 5) is 4.26. The smallest absolute Gasteiger partial charge is 0.136 e.